The average molecular weight is 390 g/mol. The monoisotopic (exact) mass is 390 g/mol. The van der Waals surface area contributed by atoms with Gasteiger partial charge < -0.3 is 19.2 Å². The number of aromatic amines is 1. The lowest BCUT2D eigenvalue weighted by Gasteiger charge is -2.16. The van der Waals surface area contributed by atoms with Crippen LogP contribution in [-0.4, -0.2) is 31.1 Å². The highest BCUT2D eigenvalue weighted by atomic mass is 16.5. The standard InChI is InChI=1S/C23H22N2O4/c1-14(2)29-23-15(6-5-7-21(23)28-4)10-16(12-24)22(26)19-13-25-20-9-8-17(27-3)11-18(19)20/h5-11,13-14,25H,1-4H3/b16-10-. The first kappa shape index (κ1) is 20.0. The zero-order valence-corrected chi connectivity index (χ0v) is 16.8. The van der Waals surface area contributed by atoms with Gasteiger partial charge >= 0.3 is 0 Å². The molecule has 3 aromatic rings. The van der Waals surface area contributed by atoms with Crippen LogP contribution in [0.5, 0.6) is 17.2 Å². The molecule has 0 saturated heterocycles. The molecule has 1 N–H and O–H groups in total. The van der Waals surface area contributed by atoms with Gasteiger partial charge in [0, 0.05) is 28.2 Å². The average Bonchev–Trinajstić information content (AvgIpc) is 3.15. The summed E-state index contributed by atoms with van der Waals surface area (Å²) in [4.78, 5) is 16.2. The number of nitrogens with zero attached hydrogens (tertiary/aromatic N) is 1. The van der Waals surface area contributed by atoms with Crippen molar-refractivity contribution in [1.29, 1.82) is 5.26 Å². The fraction of sp³-hybridized carbons (Fsp3) is 0.217. The maximum absolute atomic E-state index is 13.1. The van der Waals surface area contributed by atoms with Crippen LogP contribution in [0.25, 0.3) is 17.0 Å². The number of Topliss-reactive ketones (excluding diaryl/α,β-unsaturated/α-hetero) is 1. The van der Waals surface area contributed by atoms with E-state index in [1.54, 1.807) is 50.7 Å². The first-order valence-corrected chi connectivity index (χ1v) is 9.13. The molecule has 6 heteroatoms. The van der Waals surface area contributed by atoms with Gasteiger partial charge in [-0.05, 0) is 44.2 Å². The third-order valence-corrected chi connectivity index (χ3v) is 4.38. The number of H-pyrrole nitrogens is 1. The van der Waals surface area contributed by atoms with Crippen LogP contribution in [0.4, 0.5) is 0 Å². The normalized spacial score (nSPS) is 11.4. The van der Waals surface area contributed by atoms with E-state index in [9.17, 15) is 10.1 Å². The number of ether oxygens (including phenoxy) is 3. The molecule has 6 nitrogen and oxygen atoms in total. The van der Waals surface area contributed by atoms with Crippen molar-refractivity contribution in [2.45, 2.75) is 20.0 Å². The summed E-state index contributed by atoms with van der Waals surface area (Å²) in [5.41, 5.74) is 1.79. The van der Waals surface area contributed by atoms with E-state index in [1.165, 1.54) is 6.08 Å². The van der Waals surface area contributed by atoms with E-state index in [4.69, 9.17) is 14.2 Å². The molecule has 2 aromatic carbocycles. The summed E-state index contributed by atoms with van der Waals surface area (Å²) in [7, 11) is 3.11. The van der Waals surface area contributed by atoms with Crippen molar-refractivity contribution in [2.24, 2.45) is 0 Å². The van der Waals surface area contributed by atoms with E-state index in [2.05, 4.69) is 4.98 Å². The first-order valence-electron chi connectivity index (χ1n) is 9.13. The molecule has 0 fully saturated rings. The number of allylic oxidation sites excluding steroid dienone is 1. The molecule has 0 saturated carbocycles. The Balaban J connectivity index is 2.08. The molecule has 1 aromatic heterocycles. The second kappa shape index (κ2) is 8.53. The van der Waals surface area contributed by atoms with Crippen LogP contribution in [0.3, 0.4) is 0 Å². The van der Waals surface area contributed by atoms with E-state index in [-0.39, 0.29) is 17.5 Å². The van der Waals surface area contributed by atoms with Gasteiger partial charge in [-0.25, -0.2) is 0 Å². The highest BCUT2D eigenvalue weighted by Gasteiger charge is 2.19. The lowest BCUT2D eigenvalue weighted by Crippen LogP contribution is -2.08. The number of aromatic nitrogens is 1. The highest BCUT2D eigenvalue weighted by Crippen LogP contribution is 2.34. The number of rotatable bonds is 7. The van der Waals surface area contributed by atoms with Crippen LogP contribution < -0.4 is 14.2 Å². The number of nitriles is 1. The molecule has 148 valence electrons. The topological polar surface area (TPSA) is 84.3 Å². The van der Waals surface area contributed by atoms with Crippen molar-refractivity contribution in [1.82, 2.24) is 4.98 Å². The number of fused-ring (bicyclic) bond motifs is 1. The quantitative estimate of drug-likeness (QED) is 0.357. The number of hydrogen-bond acceptors (Lipinski definition) is 5. The van der Waals surface area contributed by atoms with Crippen LogP contribution in [0.15, 0.2) is 48.2 Å². The maximum atomic E-state index is 13.1. The van der Waals surface area contributed by atoms with Gasteiger partial charge in [0.05, 0.1) is 20.3 Å². The Morgan fingerprint density at radius 2 is 1.97 bits per heavy atom. The van der Waals surface area contributed by atoms with E-state index < -0.39 is 0 Å². The van der Waals surface area contributed by atoms with Gasteiger partial charge in [0.1, 0.15) is 17.4 Å². The molecule has 0 atom stereocenters. The minimum absolute atomic E-state index is 0.00409. The number of carbonyl (C=O) groups is 1. The molecule has 0 aliphatic heterocycles. The largest absolute Gasteiger partial charge is 0.497 e. The Hall–Kier alpha value is -3.72. The van der Waals surface area contributed by atoms with Crippen molar-refractivity contribution in [3.8, 4) is 23.3 Å². The minimum atomic E-state index is -0.384. The predicted molar refractivity (Wildman–Crippen MR) is 112 cm³/mol. The lowest BCUT2D eigenvalue weighted by atomic mass is 10.0. The molecule has 29 heavy (non-hydrogen) atoms. The van der Waals surface area contributed by atoms with Crippen molar-refractivity contribution in [2.75, 3.05) is 14.2 Å². The molecule has 0 bridgehead atoms. The highest BCUT2D eigenvalue weighted by molar-refractivity contribution is 6.20. The third-order valence-electron chi connectivity index (χ3n) is 4.38. The van der Waals surface area contributed by atoms with E-state index in [0.29, 0.717) is 33.8 Å². The number of benzene rings is 2. The Kier molecular flexibility index (Phi) is 5.89. The van der Waals surface area contributed by atoms with Gasteiger partial charge in [0.25, 0.3) is 0 Å². The molecule has 0 spiro atoms. The smallest absolute Gasteiger partial charge is 0.205 e. The van der Waals surface area contributed by atoms with Crippen molar-refractivity contribution in [3.05, 3.63) is 59.3 Å². The fourth-order valence-electron chi connectivity index (χ4n) is 3.03. The van der Waals surface area contributed by atoms with E-state index in [1.807, 2.05) is 26.0 Å². The van der Waals surface area contributed by atoms with Crippen molar-refractivity contribution in [3.63, 3.8) is 0 Å². The van der Waals surface area contributed by atoms with Crippen LogP contribution >= 0.6 is 0 Å². The van der Waals surface area contributed by atoms with Crippen LogP contribution in [0.2, 0.25) is 0 Å². The first-order chi connectivity index (χ1) is 14.0. The molecule has 0 aliphatic carbocycles. The van der Waals surface area contributed by atoms with Gasteiger partial charge in [-0.3, -0.25) is 4.79 Å². The van der Waals surface area contributed by atoms with Gasteiger partial charge in [0.15, 0.2) is 11.5 Å². The van der Waals surface area contributed by atoms with E-state index in [0.717, 1.165) is 5.52 Å². The number of methoxy groups -OCH3 is 2. The number of ketones is 1. The van der Waals surface area contributed by atoms with Crippen LogP contribution in [0, 0.1) is 11.3 Å². The Morgan fingerprint density at radius 3 is 2.62 bits per heavy atom. The summed E-state index contributed by atoms with van der Waals surface area (Å²) in [6.45, 7) is 3.80. The number of para-hydroxylation sites is 1. The third kappa shape index (κ3) is 4.09. The number of hydrogen-bond donors (Lipinski definition) is 1. The van der Waals surface area contributed by atoms with Gasteiger partial charge in [-0.2, -0.15) is 5.26 Å². The van der Waals surface area contributed by atoms with Gasteiger partial charge in [-0.1, -0.05) is 12.1 Å². The fourth-order valence-corrected chi connectivity index (χ4v) is 3.03. The van der Waals surface area contributed by atoms with E-state index >= 15 is 0 Å². The van der Waals surface area contributed by atoms with Crippen LogP contribution in [-0.2, 0) is 0 Å². The van der Waals surface area contributed by atoms with Crippen LogP contribution in [0.1, 0.15) is 29.8 Å². The summed E-state index contributed by atoms with van der Waals surface area (Å²) < 4.78 is 16.5. The van der Waals surface area contributed by atoms with Crippen molar-refractivity contribution < 1.29 is 19.0 Å². The summed E-state index contributed by atoms with van der Waals surface area (Å²) in [6.07, 6.45) is 3.04. The number of nitrogens with one attached hydrogen (secondary N) is 1. The second-order valence-electron chi connectivity index (χ2n) is 6.66. The molecular formula is C23H22N2O4. The van der Waals surface area contributed by atoms with Gasteiger partial charge in [-0.15, -0.1) is 0 Å². The molecule has 0 aliphatic rings. The van der Waals surface area contributed by atoms with Gasteiger partial charge in [0.2, 0.25) is 5.78 Å². The second-order valence-corrected chi connectivity index (χ2v) is 6.66. The molecular weight excluding hydrogens is 368 g/mol. The molecule has 0 amide bonds. The Labute approximate surface area is 169 Å². The molecule has 1 heterocycles. The minimum Gasteiger partial charge on any atom is -0.497 e. The summed E-state index contributed by atoms with van der Waals surface area (Å²) in [6, 6.07) is 12.8. The number of carbonyl (C=O) groups excluding carboxylic acids is 1. The lowest BCUT2D eigenvalue weighted by molar-refractivity contribution is 0.104. The van der Waals surface area contributed by atoms with Crippen molar-refractivity contribution >= 4 is 22.8 Å². The summed E-state index contributed by atoms with van der Waals surface area (Å²) >= 11 is 0. The molecule has 3 rings (SSSR count). The molecule has 0 radical (unpaired) electrons. The zero-order valence-electron chi connectivity index (χ0n) is 16.8. The Morgan fingerprint density at radius 1 is 1.17 bits per heavy atom. The summed E-state index contributed by atoms with van der Waals surface area (Å²) in [5.74, 6) is 1.28. The molecule has 0 unspecified atom stereocenters. The SMILES string of the molecule is COc1ccc2[nH]cc(C(=O)/C(C#N)=C\c3cccc(OC)c3OC(C)C)c2c1. The Bertz CT molecular complexity index is 1120. The maximum Gasteiger partial charge on any atom is 0.205 e. The predicted octanol–water partition coefficient (Wildman–Crippen LogP) is 4.76. The summed E-state index contributed by atoms with van der Waals surface area (Å²) in [5, 5.41) is 10.4. The zero-order chi connectivity index (χ0) is 21.0.